The SMILES string of the molecule is CC(C)N(C)CCCNC1CCSc2ccc(Cl)cc21. The quantitative estimate of drug-likeness (QED) is 0.793. The summed E-state index contributed by atoms with van der Waals surface area (Å²) < 4.78 is 0. The molecule has 0 radical (unpaired) electrons. The second-order valence-electron chi connectivity index (χ2n) is 5.75. The Balaban J connectivity index is 1.84. The minimum atomic E-state index is 0.467. The second-order valence-corrected chi connectivity index (χ2v) is 7.33. The molecule has 1 unspecified atom stereocenters. The topological polar surface area (TPSA) is 15.3 Å². The predicted octanol–water partition coefficient (Wildman–Crippen LogP) is 4.20. The molecule has 0 spiro atoms. The number of halogens is 1. The minimum absolute atomic E-state index is 0.467. The van der Waals surface area contributed by atoms with Crippen molar-refractivity contribution in [2.45, 2.75) is 43.7 Å². The zero-order valence-corrected chi connectivity index (χ0v) is 14.2. The molecule has 0 aromatic heterocycles. The Morgan fingerprint density at radius 2 is 2.25 bits per heavy atom. The van der Waals surface area contributed by atoms with Crippen LogP contribution in [0, 0.1) is 0 Å². The Morgan fingerprint density at radius 3 is 3.00 bits per heavy atom. The smallest absolute Gasteiger partial charge is 0.0410 e. The maximum atomic E-state index is 6.14. The van der Waals surface area contributed by atoms with Crippen molar-refractivity contribution >= 4 is 23.4 Å². The second kappa shape index (κ2) is 7.69. The standard InChI is InChI=1S/C16H25ClN2S/c1-12(2)19(3)9-4-8-18-15-7-10-20-16-6-5-13(17)11-14(15)16/h5-6,11-12,15,18H,4,7-10H2,1-3H3. The van der Waals surface area contributed by atoms with E-state index < -0.39 is 0 Å². The van der Waals surface area contributed by atoms with Crippen LogP contribution in [0.5, 0.6) is 0 Å². The van der Waals surface area contributed by atoms with Crippen molar-refractivity contribution < 1.29 is 0 Å². The van der Waals surface area contributed by atoms with E-state index in [1.165, 1.54) is 29.1 Å². The summed E-state index contributed by atoms with van der Waals surface area (Å²) >= 11 is 8.08. The first-order chi connectivity index (χ1) is 9.58. The van der Waals surface area contributed by atoms with Crippen molar-refractivity contribution in [1.82, 2.24) is 10.2 Å². The average molecular weight is 313 g/mol. The molecule has 0 fully saturated rings. The molecular weight excluding hydrogens is 288 g/mol. The van der Waals surface area contributed by atoms with Crippen LogP contribution in [0.15, 0.2) is 23.1 Å². The third kappa shape index (κ3) is 4.39. The van der Waals surface area contributed by atoms with E-state index in [-0.39, 0.29) is 0 Å². The van der Waals surface area contributed by atoms with Crippen LogP contribution in [-0.2, 0) is 0 Å². The molecule has 1 aromatic carbocycles. The summed E-state index contributed by atoms with van der Waals surface area (Å²) in [4.78, 5) is 3.78. The van der Waals surface area contributed by atoms with Gasteiger partial charge in [0, 0.05) is 22.0 Å². The Hall–Kier alpha value is -0.220. The van der Waals surface area contributed by atoms with Gasteiger partial charge in [-0.15, -0.1) is 11.8 Å². The highest BCUT2D eigenvalue weighted by atomic mass is 35.5. The summed E-state index contributed by atoms with van der Waals surface area (Å²) in [6.07, 6.45) is 2.38. The van der Waals surface area contributed by atoms with Crippen molar-refractivity contribution in [3.63, 3.8) is 0 Å². The van der Waals surface area contributed by atoms with Gasteiger partial charge in [0.05, 0.1) is 0 Å². The van der Waals surface area contributed by atoms with E-state index in [0.29, 0.717) is 12.1 Å². The number of nitrogens with one attached hydrogen (secondary N) is 1. The maximum Gasteiger partial charge on any atom is 0.0410 e. The molecule has 1 aliphatic rings. The van der Waals surface area contributed by atoms with Gasteiger partial charge in [0.15, 0.2) is 0 Å². The van der Waals surface area contributed by atoms with Gasteiger partial charge in [0.25, 0.3) is 0 Å². The highest BCUT2D eigenvalue weighted by Crippen LogP contribution is 2.37. The van der Waals surface area contributed by atoms with Gasteiger partial charge in [-0.2, -0.15) is 0 Å². The van der Waals surface area contributed by atoms with Gasteiger partial charge in [-0.3, -0.25) is 0 Å². The van der Waals surface area contributed by atoms with E-state index in [1.54, 1.807) is 0 Å². The van der Waals surface area contributed by atoms with Crippen LogP contribution in [0.3, 0.4) is 0 Å². The molecule has 2 rings (SSSR count). The normalized spacial score (nSPS) is 18.6. The predicted molar refractivity (Wildman–Crippen MR) is 89.9 cm³/mol. The summed E-state index contributed by atoms with van der Waals surface area (Å²) in [5, 5.41) is 4.55. The van der Waals surface area contributed by atoms with E-state index in [2.05, 4.69) is 43.2 Å². The molecular formula is C16H25ClN2S. The maximum absolute atomic E-state index is 6.14. The molecule has 20 heavy (non-hydrogen) atoms. The van der Waals surface area contributed by atoms with E-state index in [9.17, 15) is 0 Å². The third-order valence-electron chi connectivity index (χ3n) is 3.97. The lowest BCUT2D eigenvalue weighted by atomic mass is 10.0. The highest BCUT2D eigenvalue weighted by Gasteiger charge is 2.20. The first kappa shape index (κ1) is 16.2. The Morgan fingerprint density at radius 1 is 1.45 bits per heavy atom. The highest BCUT2D eigenvalue weighted by molar-refractivity contribution is 7.99. The molecule has 2 nitrogen and oxygen atoms in total. The summed E-state index contributed by atoms with van der Waals surface area (Å²) in [7, 11) is 2.19. The molecule has 1 N–H and O–H groups in total. The van der Waals surface area contributed by atoms with Crippen molar-refractivity contribution in [3.05, 3.63) is 28.8 Å². The first-order valence-electron chi connectivity index (χ1n) is 7.44. The molecule has 0 saturated heterocycles. The van der Waals surface area contributed by atoms with E-state index >= 15 is 0 Å². The summed E-state index contributed by atoms with van der Waals surface area (Å²) in [6.45, 7) is 6.70. The van der Waals surface area contributed by atoms with Crippen molar-refractivity contribution in [3.8, 4) is 0 Å². The molecule has 1 aromatic rings. The van der Waals surface area contributed by atoms with Gasteiger partial charge < -0.3 is 10.2 Å². The van der Waals surface area contributed by atoms with Crippen LogP contribution in [0.4, 0.5) is 0 Å². The largest absolute Gasteiger partial charge is 0.310 e. The summed E-state index contributed by atoms with van der Waals surface area (Å²) in [5.74, 6) is 1.19. The van der Waals surface area contributed by atoms with Gasteiger partial charge in [-0.25, -0.2) is 0 Å². The Labute approximate surface area is 132 Å². The number of nitrogens with zero attached hydrogens (tertiary/aromatic N) is 1. The number of hydrogen-bond acceptors (Lipinski definition) is 3. The molecule has 112 valence electrons. The van der Waals surface area contributed by atoms with Gasteiger partial charge in [0.2, 0.25) is 0 Å². The van der Waals surface area contributed by atoms with Crippen molar-refractivity contribution in [2.75, 3.05) is 25.9 Å². The number of thioether (sulfide) groups is 1. The van der Waals surface area contributed by atoms with Gasteiger partial charge in [0.1, 0.15) is 0 Å². The van der Waals surface area contributed by atoms with E-state index in [0.717, 1.165) is 18.1 Å². The zero-order chi connectivity index (χ0) is 14.5. The van der Waals surface area contributed by atoms with Crippen molar-refractivity contribution in [2.24, 2.45) is 0 Å². The van der Waals surface area contributed by atoms with E-state index in [4.69, 9.17) is 11.6 Å². The Bertz CT molecular complexity index is 436. The lowest BCUT2D eigenvalue weighted by Gasteiger charge is -2.27. The van der Waals surface area contributed by atoms with Gasteiger partial charge in [-0.05, 0) is 76.3 Å². The first-order valence-corrected chi connectivity index (χ1v) is 8.80. The van der Waals surface area contributed by atoms with E-state index in [1.807, 2.05) is 17.8 Å². The molecule has 0 aliphatic carbocycles. The molecule has 1 heterocycles. The fraction of sp³-hybridized carbons (Fsp3) is 0.625. The van der Waals surface area contributed by atoms with Crippen LogP contribution < -0.4 is 5.32 Å². The third-order valence-corrected chi connectivity index (χ3v) is 5.33. The zero-order valence-electron chi connectivity index (χ0n) is 12.7. The lowest BCUT2D eigenvalue weighted by Crippen LogP contribution is -2.31. The average Bonchev–Trinajstić information content (AvgIpc) is 2.43. The molecule has 1 atom stereocenters. The number of hydrogen-bond donors (Lipinski definition) is 1. The van der Waals surface area contributed by atoms with Crippen LogP contribution in [-0.4, -0.2) is 36.8 Å². The molecule has 0 saturated carbocycles. The van der Waals surface area contributed by atoms with Crippen LogP contribution >= 0.6 is 23.4 Å². The lowest BCUT2D eigenvalue weighted by molar-refractivity contribution is 0.267. The number of benzene rings is 1. The fourth-order valence-corrected chi connectivity index (χ4v) is 3.73. The molecule has 0 bridgehead atoms. The van der Waals surface area contributed by atoms with Crippen LogP contribution in [0.2, 0.25) is 5.02 Å². The number of rotatable bonds is 6. The minimum Gasteiger partial charge on any atom is -0.310 e. The number of fused-ring (bicyclic) bond motifs is 1. The monoisotopic (exact) mass is 312 g/mol. The van der Waals surface area contributed by atoms with Crippen LogP contribution in [0.25, 0.3) is 0 Å². The summed E-state index contributed by atoms with van der Waals surface area (Å²) in [5.41, 5.74) is 1.38. The molecule has 0 amide bonds. The van der Waals surface area contributed by atoms with Crippen LogP contribution in [0.1, 0.15) is 38.3 Å². The molecule has 4 heteroatoms. The van der Waals surface area contributed by atoms with Gasteiger partial charge >= 0.3 is 0 Å². The fourth-order valence-electron chi connectivity index (χ4n) is 2.44. The van der Waals surface area contributed by atoms with Crippen molar-refractivity contribution in [1.29, 1.82) is 0 Å². The molecule has 1 aliphatic heterocycles. The van der Waals surface area contributed by atoms with Gasteiger partial charge in [-0.1, -0.05) is 11.6 Å². The Kier molecular flexibility index (Phi) is 6.21. The summed E-state index contributed by atoms with van der Waals surface area (Å²) in [6, 6.07) is 7.37.